The smallest absolute Gasteiger partial charge is 0.109 e. The van der Waals surface area contributed by atoms with E-state index in [4.69, 9.17) is 5.41 Å². The second-order valence-electron chi connectivity index (χ2n) is 1.42. The van der Waals surface area contributed by atoms with E-state index in [1.54, 1.807) is 6.92 Å². The van der Waals surface area contributed by atoms with E-state index >= 15 is 0 Å². The lowest BCUT2D eigenvalue weighted by Gasteiger charge is -1.83. The van der Waals surface area contributed by atoms with Crippen molar-refractivity contribution >= 4 is 18.8 Å². The zero-order chi connectivity index (χ0) is 6.41. The molecule has 3 heteroatoms. The van der Waals surface area contributed by atoms with Crippen molar-refractivity contribution in [2.45, 2.75) is 6.92 Å². The minimum Gasteiger partial charge on any atom is -0.308 e. The monoisotopic (exact) mass is 111 g/mol. The summed E-state index contributed by atoms with van der Waals surface area (Å²) < 4.78 is 0. The van der Waals surface area contributed by atoms with Gasteiger partial charge in [0.25, 0.3) is 0 Å². The molecule has 0 aliphatic rings. The lowest BCUT2D eigenvalue weighted by molar-refractivity contribution is 1.25. The van der Waals surface area contributed by atoms with Crippen LogP contribution in [0.15, 0.2) is 9.98 Å². The first-order valence-electron chi connectivity index (χ1n) is 2.25. The summed E-state index contributed by atoms with van der Waals surface area (Å²) in [6, 6.07) is 0. The van der Waals surface area contributed by atoms with Crippen molar-refractivity contribution in [1.29, 1.82) is 5.41 Å². The van der Waals surface area contributed by atoms with Crippen LogP contribution in [0.2, 0.25) is 0 Å². The summed E-state index contributed by atoms with van der Waals surface area (Å²) in [7, 11) is 0. The molecule has 0 rings (SSSR count). The first-order valence-corrected chi connectivity index (χ1v) is 2.25. The first kappa shape index (κ1) is 7.01. The molecule has 0 heterocycles. The Kier molecular flexibility index (Phi) is 3.66. The number of rotatable bonds is 3. The molecule has 0 radical (unpaired) electrons. The molecule has 0 saturated carbocycles. The minimum absolute atomic E-state index is 0.430. The summed E-state index contributed by atoms with van der Waals surface area (Å²) in [6.45, 7) is 5.31. The van der Waals surface area contributed by atoms with E-state index in [9.17, 15) is 0 Å². The normalized spacial score (nSPS) is 9.62. The molecule has 0 atom stereocenters. The third kappa shape index (κ3) is 5.01. The summed E-state index contributed by atoms with van der Waals surface area (Å²) in [6.07, 6.45) is 1.35. The summed E-state index contributed by atoms with van der Waals surface area (Å²) >= 11 is 0. The SMILES string of the molecule is C=NC=NCC(C)=N. The zero-order valence-electron chi connectivity index (χ0n) is 4.89. The van der Waals surface area contributed by atoms with Crippen LogP contribution in [-0.4, -0.2) is 25.3 Å². The van der Waals surface area contributed by atoms with Gasteiger partial charge < -0.3 is 5.41 Å². The van der Waals surface area contributed by atoms with Gasteiger partial charge in [-0.2, -0.15) is 0 Å². The van der Waals surface area contributed by atoms with Crippen LogP contribution < -0.4 is 0 Å². The van der Waals surface area contributed by atoms with E-state index in [0.717, 1.165) is 0 Å². The molecule has 0 fully saturated rings. The fourth-order valence-corrected chi connectivity index (χ4v) is 0.235. The highest BCUT2D eigenvalue weighted by atomic mass is 14.8. The van der Waals surface area contributed by atoms with Gasteiger partial charge >= 0.3 is 0 Å². The Bertz CT molecular complexity index is 115. The molecule has 8 heavy (non-hydrogen) atoms. The molecule has 0 aromatic rings. The number of hydrogen-bond acceptors (Lipinski definition) is 2. The topological polar surface area (TPSA) is 48.6 Å². The predicted molar refractivity (Wildman–Crippen MR) is 36.3 cm³/mol. The van der Waals surface area contributed by atoms with Crippen molar-refractivity contribution in [2.24, 2.45) is 9.98 Å². The molecule has 0 bridgehead atoms. The average molecular weight is 111 g/mol. The highest BCUT2D eigenvalue weighted by Crippen LogP contribution is 1.70. The maximum atomic E-state index is 6.90. The van der Waals surface area contributed by atoms with E-state index in [0.29, 0.717) is 12.3 Å². The third-order valence-corrected chi connectivity index (χ3v) is 0.492. The van der Waals surface area contributed by atoms with Gasteiger partial charge in [-0.15, -0.1) is 0 Å². The summed E-state index contributed by atoms with van der Waals surface area (Å²) in [5, 5.41) is 6.90. The Morgan fingerprint density at radius 3 is 2.88 bits per heavy atom. The van der Waals surface area contributed by atoms with Gasteiger partial charge in [0, 0.05) is 5.71 Å². The van der Waals surface area contributed by atoms with Crippen LogP contribution in [0.3, 0.4) is 0 Å². The summed E-state index contributed by atoms with van der Waals surface area (Å²) in [4.78, 5) is 7.08. The zero-order valence-corrected chi connectivity index (χ0v) is 4.89. The predicted octanol–water partition coefficient (Wildman–Crippen LogP) is 0.755. The van der Waals surface area contributed by atoms with Crippen LogP contribution in [0.25, 0.3) is 0 Å². The van der Waals surface area contributed by atoms with E-state index in [1.165, 1.54) is 6.34 Å². The molecule has 0 spiro atoms. The van der Waals surface area contributed by atoms with E-state index in [1.807, 2.05) is 0 Å². The van der Waals surface area contributed by atoms with Gasteiger partial charge in [0.1, 0.15) is 6.34 Å². The Morgan fingerprint density at radius 2 is 2.50 bits per heavy atom. The van der Waals surface area contributed by atoms with Crippen LogP contribution in [0.5, 0.6) is 0 Å². The third-order valence-electron chi connectivity index (χ3n) is 0.492. The molecule has 0 amide bonds. The lowest BCUT2D eigenvalue weighted by Crippen LogP contribution is -1.92. The van der Waals surface area contributed by atoms with Crippen LogP contribution in [0, 0.1) is 5.41 Å². The largest absolute Gasteiger partial charge is 0.308 e. The van der Waals surface area contributed by atoms with E-state index < -0.39 is 0 Å². The molecular formula is C5H9N3. The van der Waals surface area contributed by atoms with Crippen molar-refractivity contribution in [3.8, 4) is 0 Å². The molecule has 0 aromatic carbocycles. The molecule has 0 aliphatic heterocycles. The minimum atomic E-state index is 0.430. The van der Waals surface area contributed by atoms with Gasteiger partial charge in [0.05, 0.1) is 6.54 Å². The second kappa shape index (κ2) is 4.18. The van der Waals surface area contributed by atoms with Crippen LogP contribution in [-0.2, 0) is 0 Å². The number of aliphatic imine (C=N–C) groups is 2. The van der Waals surface area contributed by atoms with Gasteiger partial charge in [0.2, 0.25) is 0 Å². The molecule has 0 saturated heterocycles. The maximum absolute atomic E-state index is 6.90. The second-order valence-corrected chi connectivity index (χ2v) is 1.42. The fourth-order valence-electron chi connectivity index (χ4n) is 0.235. The lowest BCUT2D eigenvalue weighted by atomic mass is 10.4. The van der Waals surface area contributed by atoms with E-state index in [2.05, 4.69) is 16.7 Å². The van der Waals surface area contributed by atoms with Crippen molar-refractivity contribution < 1.29 is 0 Å². The van der Waals surface area contributed by atoms with Gasteiger partial charge in [-0.1, -0.05) is 0 Å². The number of nitrogens with zero attached hydrogens (tertiary/aromatic N) is 2. The van der Waals surface area contributed by atoms with Gasteiger partial charge in [-0.05, 0) is 13.6 Å². The van der Waals surface area contributed by atoms with Gasteiger partial charge in [-0.3, -0.25) is 9.98 Å². The number of nitrogens with one attached hydrogen (secondary N) is 1. The van der Waals surface area contributed by atoms with Gasteiger partial charge in [-0.25, -0.2) is 0 Å². The van der Waals surface area contributed by atoms with Gasteiger partial charge in [0.15, 0.2) is 0 Å². The highest BCUT2D eigenvalue weighted by Gasteiger charge is 1.77. The van der Waals surface area contributed by atoms with Crippen molar-refractivity contribution in [3.63, 3.8) is 0 Å². The van der Waals surface area contributed by atoms with Crippen molar-refractivity contribution in [1.82, 2.24) is 0 Å². The standard InChI is InChI=1S/C5H9N3/c1-5(6)3-8-4-7-2/h4,6H,2-3H2,1H3. The molecule has 0 aliphatic carbocycles. The van der Waals surface area contributed by atoms with Crippen LogP contribution >= 0.6 is 0 Å². The summed E-state index contributed by atoms with van der Waals surface area (Å²) in [5.41, 5.74) is 0.532. The summed E-state index contributed by atoms with van der Waals surface area (Å²) in [5.74, 6) is 0. The first-order chi connectivity index (χ1) is 3.77. The van der Waals surface area contributed by atoms with Crippen LogP contribution in [0.4, 0.5) is 0 Å². The fraction of sp³-hybridized carbons (Fsp3) is 0.400. The molecule has 0 unspecified atom stereocenters. The molecule has 3 nitrogen and oxygen atoms in total. The Balaban J connectivity index is 3.29. The van der Waals surface area contributed by atoms with Crippen molar-refractivity contribution in [3.05, 3.63) is 0 Å². The molecular weight excluding hydrogens is 102 g/mol. The van der Waals surface area contributed by atoms with Crippen LogP contribution in [0.1, 0.15) is 6.92 Å². The van der Waals surface area contributed by atoms with Crippen molar-refractivity contribution in [2.75, 3.05) is 6.54 Å². The average Bonchev–Trinajstić information content (AvgIpc) is 1.66. The Hall–Kier alpha value is -0.990. The Morgan fingerprint density at radius 1 is 1.88 bits per heavy atom. The number of hydrogen-bond donors (Lipinski definition) is 1. The maximum Gasteiger partial charge on any atom is 0.109 e. The quantitative estimate of drug-likeness (QED) is 0.413. The highest BCUT2D eigenvalue weighted by molar-refractivity contribution is 5.82. The van der Waals surface area contributed by atoms with E-state index in [-0.39, 0.29) is 0 Å². The Labute approximate surface area is 48.7 Å². The molecule has 44 valence electrons. The molecule has 1 N–H and O–H groups in total. The molecule has 0 aromatic heterocycles.